The average molecular weight is 470 g/mol. The van der Waals surface area contributed by atoms with E-state index in [4.69, 9.17) is 34.8 Å². The normalized spacial score (nSPS) is 13.9. The first-order valence-corrected chi connectivity index (χ1v) is 9.45. The lowest BCUT2D eigenvalue weighted by Crippen LogP contribution is -2.39. The van der Waals surface area contributed by atoms with Crippen LogP contribution in [0.25, 0.3) is 0 Å². The average Bonchev–Trinajstić information content (AvgIpc) is 2.57. The van der Waals surface area contributed by atoms with Crippen molar-refractivity contribution in [3.63, 3.8) is 0 Å². The summed E-state index contributed by atoms with van der Waals surface area (Å²) in [5.74, 6) is -1.01. The van der Waals surface area contributed by atoms with Crippen LogP contribution in [-0.2, 0) is 4.75 Å². The molecule has 0 aliphatic rings. The monoisotopic (exact) mass is 468 g/mol. The third kappa shape index (κ3) is 4.51. The van der Waals surface area contributed by atoms with Crippen LogP contribution >= 0.6 is 47.4 Å². The van der Waals surface area contributed by atoms with E-state index in [1.54, 1.807) is 6.92 Å². The van der Waals surface area contributed by atoms with Crippen molar-refractivity contribution in [2.75, 3.05) is 0 Å². The van der Waals surface area contributed by atoms with Crippen molar-refractivity contribution in [1.29, 1.82) is 0 Å². The lowest BCUT2D eigenvalue weighted by molar-refractivity contribution is -0.160. The lowest BCUT2D eigenvalue weighted by atomic mass is 9.89. The highest BCUT2D eigenvalue weighted by Gasteiger charge is 2.54. The Morgan fingerprint density at radius 2 is 1.57 bits per heavy atom. The molecular formula is C19H14Cl3F3O2S. The number of thiol groups is 1. The molecule has 0 saturated heterocycles. The van der Waals surface area contributed by atoms with Gasteiger partial charge in [-0.25, -0.2) is 0 Å². The fraction of sp³-hybridized carbons (Fsp3) is 0.263. The van der Waals surface area contributed by atoms with E-state index in [1.807, 2.05) is 0 Å². The van der Waals surface area contributed by atoms with Gasteiger partial charge in [0.25, 0.3) is 0 Å². The fourth-order valence-electron chi connectivity index (χ4n) is 2.73. The molecule has 1 atom stereocenters. The Morgan fingerprint density at radius 3 is 2.00 bits per heavy atom. The third-order valence-electron chi connectivity index (χ3n) is 4.27. The highest BCUT2D eigenvalue weighted by molar-refractivity contribution is 7.81. The van der Waals surface area contributed by atoms with Crippen molar-refractivity contribution in [3.8, 4) is 0 Å². The number of benzene rings is 2. The van der Waals surface area contributed by atoms with Gasteiger partial charge in [-0.15, -0.1) is 0 Å². The third-order valence-corrected chi connectivity index (χ3v) is 6.14. The van der Waals surface area contributed by atoms with Crippen LogP contribution in [0.15, 0.2) is 30.3 Å². The maximum atomic E-state index is 13.9. The molecule has 0 heterocycles. The summed E-state index contributed by atoms with van der Waals surface area (Å²) in [5.41, 5.74) is 0.526. The van der Waals surface area contributed by atoms with Gasteiger partial charge in [-0.1, -0.05) is 46.9 Å². The topological polar surface area (TPSA) is 34.1 Å². The number of alkyl halides is 3. The summed E-state index contributed by atoms with van der Waals surface area (Å²) in [4.78, 5) is 24.1. The number of aryl methyl sites for hydroxylation is 1. The van der Waals surface area contributed by atoms with Gasteiger partial charge in [0, 0.05) is 17.5 Å². The molecule has 1 unspecified atom stereocenters. The number of carbonyl (C=O) groups is 2. The number of halogens is 6. The minimum Gasteiger partial charge on any atom is -0.295 e. The second-order valence-electron chi connectivity index (χ2n) is 6.30. The second-order valence-corrected chi connectivity index (χ2v) is 8.25. The number of carbonyl (C=O) groups excluding carboxylic acids is 2. The second kappa shape index (κ2) is 8.27. The largest absolute Gasteiger partial charge is 0.407 e. The maximum Gasteiger partial charge on any atom is 0.407 e. The van der Waals surface area contributed by atoms with E-state index in [9.17, 15) is 22.8 Å². The molecule has 0 N–H and O–H groups in total. The van der Waals surface area contributed by atoms with Crippen LogP contribution in [0.4, 0.5) is 13.2 Å². The van der Waals surface area contributed by atoms with Crippen molar-refractivity contribution in [3.05, 3.63) is 67.7 Å². The van der Waals surface area contributed by atoms with Gasteiger partial charge >= 0.3 is 6.18 Å². The van der Waals surface area contributed by atoms with Crippen LogP contribution in [-0.4, -0.2) is 17.7 Å². The number of ketones is 2. The molecule has 2 nitrogen and oxygen atoms in total. The van der Waals surface area contributed by atoms with E-state index in [0.29, 0.717) is 11.1 Å². The molecule has 0 amide bonds. The summed E-state index contributed by atoms with van der Waals surface area (Å²) >= 11 is 21.4. The Hall–Kier alpha value is -1.21. The summed E-state index contributed by atoms with van der Waals surface area (Å²) in [5, 5.41) is -0.450. The van der Waals surface area contributed by atoms with E-state index in [0.717, 1.165) is 12.1 Å². The summed E-state index contributed by atoms with van der Waals surface area (Å²) in [6.45, 7) is 2.96. The number of Topliss-reactive ketones (excluding diaryl/α,β-unsaturated/α-hetero) is 2. The van der Waals surface area contributed by atoms with Gasteiger partial charge in [-0.05, 0) is 43.2 Å². The standard InChI is InChI=1S/C19H14Cl3F3O2S/c1-9-5-11(3-4-13(9)10(2)26)16(27)8-18(28,19(23,24)25)12-6-14(20)17(22)15(21)7-12/h3-7,28H,8H2,1-2H3. The van der Waals surface area contributed by atoms with Crippen molar-refractivity contribution >= 4 is 59.0 Å². The highest BCUT2D eigenvalue weighted by Crippen LogP contribution is 2.49. The zero-order valence-corrected chi connectivity index (χ0v) is 17.8. The minimum atomic E-state index is -4.89. The molecule has 2 aromatic rings. The molecule has 0 spiro atoms. The van der Waals surface area contributed by atoms with E-state index >= 15 is 0 Å². The van der Waals surface area contributed by atoms with Crippen molar-refractivity contribution in [2.45, 2.75) is 31.2 Å². The molecule has 0 aliphatic heterocycles. The first-order chi connectivity index (χ1) is 12.8. The van der Waals surface area contributed by atoms with Gasteiger partial charge in [0.05, 0.1) is 15.1 Å². The van der Waals surface area contributed by atoms with Crippen LogP contribution in [0.1, 0.15) is 45.2 Å². The molecule has 0 saturated carbocycles. The molecular weight excluding hydrogens is 456 g/mol. The van der Waals surface area contributed by atoms with Gasteiger partial charge in [0.1, 0.15) is 4.75 Å². The van der Waals surface area contributed by atoms with Crippen LogP contribution < -0.4 is 0 Å². The lowest BCUT2D eigenvalue weighted by Gasteiger charge is -2.31. The Labute approximate surface area is 180 Å². The van der Waals surface area contributed by atoms with Crippen LogP contribution in [0.5, 0.6) is 0 Å². The molecule has 0 fully saturated rings. The van der Waals surface area contributed by atoms with E-state index in [1.165, 1.54) is 25.1 Å². The van der Waals surface area contributed by atoms with Crippen LogP contribution in [0.3, 0.4) is 0 Å². The SMILES string of the molecule is CC(=O)c1ccc(C(=O)CC(S)(c2cc(Cl)c(Cl)c(Cl)c2)C(F)(F)F)cc1C. The Balaban J connectivity index is 2.49. The van der Waals surface area contributed by atoms with Gasteiger partial charge in [0.15, 0.2) is 11.6 Å². The van der Waals surface area contributed by atoms with Gasteiger partial charge in [-0.2, -0.15) is 25.8 Å². The molecule has 9 heteroatoms. The molecule has 0 bridgehead atoms. The smallest absolute Gasteiger partial charge is 0.295 e. The first kappa shape index (κ1) is 23.1. The highest BCUT2D eigenvalue weighted by atomic mass is 35.5. The van der Waals surface area contributed by atoms with E-state index < -0.39 is 28.7 Å². The Kier molecular flexibility index (Phi) is 6.81. The van der Waals surface area contributed by atoms with Gasteiger partial charge in [0.2, 0.25) is 0 Å². The van der Waals surface area contributed by atoms with E-state index in [-0.39, 0.29) is 26.4 Å². The summed E-state index contributed by atoms with van der Waals surface area (Å²) < 4.78 is 38.8. The van der Waals surface area contributed by atoms with Crippen molar-refractivity contribution in [1.82, 2.24) is 0 Å². The number of rotatable bonds is 5. The van der Waals surface area contributed by atoms with Gasteiger partial charge < -0.3 is 0 Å². The zero-order chi connectivity index (χ0) is 21.4. The zero-order valence-electron chi connectivity index (χ0n) is 14.6. The number of hydrogen-bond donors (Lipinski definition) is 1. The quantitative estimate of drug-likeness (QED) is 0.287. The summed E-state index contributed by atoms with van der Waals surface area (Å²) in [6.07, 6.45) is -5.88. The Morgan fingerprint density at radius 1 is 1.04 bits per heavy atom. The van der Waals surface area contributed by atoms with Crippen LogP contribution in [0, 0.1) is 6.92 Å². The summed E-state index contributed by atoms with van der Waals surface area (Å²) in [7, 11) is 0. The van der Waals surface area contributed by atoms with Crippen molar-refractivity contribution in [2.24, 2.45) is 0 Å². The Bertz CT molecular complexity index is 937. The van der Waals surface area contributed by atoms with E-state index in [2.05, 4.69) is 12.6 Å². The predicted molar refractivity (Wildman–Crippen MR) is 108 cm³/mol. The number of hydrogen-bond acceptors (Lipinski definition) is 3. The molecule has 0 aromatic heterocycles. The summed E-state index contributed by atoms with van der Waals surface area (Å²) in [6, 6.07) is 6.10. The first-order valence-electron chi connectivity index (χ1n) is 7.87. The van der Waals surface area contributed by atoms with Crippen molar-refractivity contribution < 1.29 is 22.8 Å². The molecule has 150 valence electrons. The minimum absolute atomic E-state index is 0.0383. The van der Waals surface area contributed by atoms with Gasteiger partial charge in [-0.3, -0.25) is 9.59 Å². The molecule has 0 radical (unpaired) electrons. The molecule has 0 aliphatic carbocycles. The predicted octanol–water partition coefficient (Wildman–Crippen LogP) is 7.12. The molecule has 2 rings (SSSR count). The molecule has 28 heavy (non-hydrogen) atoms. The van der Waals surface area contributed by atoms with Crippen LogP contribution in [0.2, 0.25) is 15.1 Å². The fourth-order valence-corrected chi connectivity index (χ4v) is 3.60. The molecule has 2 aromatic carbocycles. The maximum absolute atomic E-state index is 13.9.